The summed E-state index contributed by atoms with van der Waals surface area (Å²) in [5.41, 5.74) is 9.83. The first-order chi connectivity index (χ1) is 10.1. The van der Waals surface area contributed by atoms with E-state index in [1.807, 2.05) is 0 Å². The van der Waals surface area contributed by atoms with Gasteiger partial charge >= 0.3 is 0 Å². The highest BCUT2D eigenvalue weighted by molar-refractivity contribution is 9.10. The van der Waals surface area contributed by atoms with E-state index in [1.165, 1.54) is 16.8 Å². The molecular weight excluding hydrogens is 324 g/mol. The molecule has 0 spiro atoms. The fourth-order valence-electron chi connectivity index (χ4n) is 2.33. The number of hydrogen-bond donors (Lipinski definition) is 1. The quantitative estimate of drug-likeness (QED) is 0.841. The first kappa shape index (κ1) is 16.1. The van der Waals surface area contributed by atoms with Crippen molar-refractivity contribution < 1.29 is 0 Å². The van der Waals surface area contributed by atoms with Crippen molar-refractivity contribution in [2.45, 2.75) is 32.4 Å². The van der Waals surface area contributed by atoms with Gasteiger partial charge in [-0.2, -0.15) is 0 Å². The predicted molar refractivity (Wildman–Crippen MR) is 94.7 cm³/mol. The largest absolute Gasteiger partial charge is 0.370 e. The molecule has 0 aliphatic carbocycles. The second kappa shape index (κ2) is 7.62. The molecule has 0 aliphatic rings. The topological polar surface area (TPSA) is 29.3 Å². The molecular formula is C18H23BrN2. The third-order valence-electron chi connectivity index (χ3n) is 3.71. The number of nitrogens with two attached hydrogens (primary N) is 1. The van der Waals surface area contributed by atoms with Crippen LogP contribution in [0.5, 0.6) is 0 Å². The van der Waals surface area contributed by atoms with Crippen molar-refractivity contribution in [3.05, 3.63) is 64.1 Å². The number of hydrogen-bond acceptors (Lipinski definition) is 2. The second-order valence-corrected chi connectivity index (χ2v) is 6.44. The van der Waals surface area contributed by atoms with Crippen LogP contribution in [0.4, 0.5) is 5.69 Å². The molecule has 0 saturated carbocycles. The molecule has 0 fully saturated rings. The number of rotatable bonds is 6. The summed E-state index contributed by atoms with van der Waals surface area (Å²) in [4.78, 5) is 2.26. The minimum atomic E-state index is 0.259. The summed E-state index contributed by atoms with van der Waals surface area (Å²) < 4.78 is 1.12. The molecule has 2 aromatic rings. The minimum absolute atomic E-state index is 0.259. The molecule has 0 aliphatic heterocycles. The van der Waals surface area contributed by atoms with E-state index in [0.717, 1.165) is 23.9 Å². The van der Waals surface area contributed by atoms with Gasteiger partial charge in [-0.3, -0.25) is 0 Å². The zero-order valence-corrected chi connectivity index (χ0v) is 14.3. The van der Waals surface area contributed by atoms with Crippen LogP contribution in [0.3, 0.4) is 0 Å². The zero-order valence-electron chi connectivity index (χ0n) is 12.7. The van der Waals surface area contributed by atoms with Gasteiger partial charge in [-0.15, -0.1) is 0 Å². The molecule has 112 valence electrons. The van der Waals surface area contributed by atoms with Crippen LogP contribution in [0.1, 0.15) is 24.5 Å². The Balaban J connectivity index is 2.01. The summed E-state index contributed by atoms with van der Waals surface area (Å²) in [5.74, 6) is 0. The van der Waals surface area contributed by atoms with Crippen LogP contribution >= 0.6 is 15.9 Å². The molecule has 0 saturated heterocycles. The fourth-order valence-corrected chi connectivity index (χ4v) is 2.78. The molecule has 0 radical (unpaired) electrons. The van der Waals surface area contributed by atoms with Crippen molar-refractivity contribution in [3.63, 3.8) is 0 Å². The summed E-state index contributed by atoms with van der Waals surface area (Å²) in [6.07, 6.45) is 1.97. The normalized spacial score (nSPS) is 12.2. The van der Waals surface area contributed by atoms with Gasteiger partial charge in [-0.1, -0.05) is 47.1 Å². The van der Waals surface area contributed by atoms with Crippen LogP contribution in [0, 0.1) is 0 Å². The van der Waals surface area contributed by atoms with Crippen molar-refractivity contribution in [1.29, 1.82) is 0 Å². The number of nitrogens with zero attached hydrogens (tertiary/aromatic N) is 1. The van der Waals surface area contributed by atoms with Gasteiger partial charge in [-0.05, 0) is 48.2 Å². The lowest BCUT2D eigenvalue weighted by Gasteiger charge is -2.20. The predicted octanol–water partition coefficient (Wildman–Crippen LogP) is 4.37. The van der Waals surface area contributed by atoms with E-state index in [1.54, 1.807) is 0 Å². The average molecular weight is 347 g/mol. The molecule has 0 aromatic heterocycles. The second-order valence-electron chi connectivity index (χ2n) is 5.52. The molecule has 3 heteroatoms. The molecule has 2 N–H and O–H groups in total. The Kier molecular flexibility index (Phi) is 5.83. The van der Waals surface area contributed by atoms with Gasteiger partial charge < -0.3 is 10.6 Å². The Hall–Kier alpha value is -1.32. The van der Waals surface area contributed by atoms with Crippen molar-refractivity contribution in [1.82, 2.24) is 0 Å². The van der Waals surface area contributed by atoms with Crippen LogP contribution in [0.2, 0.25) is 0 Å². The SMILES string of the molecule is CCC(N)Cc1ccc(N(C)Cc2cccc(Br)c2)cc1. The van der Waals surface area contributed by atoms with Gasteiger partial charge in [0.05, 0.1) is 0 Å². The Morgan fingerprint density at radius 1 is 1.10 bits per heavy atom. The van der Waals surface area contributed by atoms with Gasteiger partial charge in [0.1, 0.15) is 0 Å². The monoisotopic (exact) mass is 346 g/mol. The maximum atomic E-state index is 6.00. The maximum absolute atomic E-state index is 6.00. The highest BCUT2D eigenvalue weighted by atomic mass is 79.9. The molecule has 0 bridgehead atoms. The van der Waals surface area contributed by atoms with E-state index in [4.69, 9.17) is 5.73 Å². The molecule has 21 heavy (non-hydrogen) atoms. The van der Waals surface area contributed by atoms with Crippen LogP contribution in [0.15, 0.2) is 53.0 Å². The Morgan fingerprint density at radius 2 is 1.81 bits per heavy atom. The lowest BCUT2D eigenvalue weighted by Crippen LogP contribution is -2.21. The lowest BCUT2D eigenvalue weighted by atomic mass is 10.0. The molecule has 1 unspecified atom stereocenters. The van der Waals surface area contributed by atoms with Gasteiger partial charge in [0.2, 0.25) is 0 Å². The minimum Gasteiger partial charge on any atom is -0.370 e. The molecule has 2 aromatic carbocycles. The van der Waals surface area contributed by atoms with Crippen molar-refractivity contribution in [2.75, 3.05) is 11.9 Å². The van der Waals surface area contributed by atoms with E-state index in [0.29, 0.717) is 0 Å². The summed E-state index contributed by atoms with van der Waals surface area (Å²) in [6.45, 7) is 3.03. The maximum Gasteiger partial charge on any atom is 0.0426 e. The molecule has 2 rings (SSSR count). The Labute approximate surface area is 136 Å². The van der Waals surface area contributed by atoms with Crippen LogP contribution in [0.25, 0.3) is 0 Å². The van der Waals surface area contributed by atoms with Gasteiger partial charge in [-0.25, -0.2) is 0 Å². The Morgan fingerprint density at radius 3 is 2.43 bits per heavy atom. The van der Waals surface area contributed by atoms with E-state index in [2.05, 4.69) is 83.3 Å². The standard InChI is InChI=1S/C18H23BrN2/c1-3-17(20)12-14-7-9-18(10-8-14)21(2)13-15-5-4-6-16(19)11-15/h4-11,17H,3,12-13,20H2,1-2H3. The first-order valence-electron chi connectivity index (χ1n) is 7.38. The van der Waals surface area contributed by atoms with Crippen LogP contribution in [-0.2, 0) is 13.0 Å². The molecule has 1 atom stereocenters. The molecule has 2 nitrogen and oxygen atoms in total. The molecule has 0 heterocycles. The number of benzene rings is 2. The molecule has 0 amide bonds. The summed E-state index contributed by atoms with van der Waals surface area (Å²) >= 11 is 3.52. The average Bonchev–Trinajstić information content (AvgIpc) is 2.47. The van der Waals surface area contributed by atoms with E-state index >= 15 is 0 Å². The Bertz CT molecular complexity index is 566. The third kappa shape index (κ3) is 4.87. The summed E-state index contributed by atoms with van der Waals surface area (Å²) in [7, 11) is 2.12. The highest BCUT2D eigenvalue weighted by Crippen LogP contribution is 2.19. The van der Waals surface area contributed by atoms with E-state index in [-0.39, 0.29) is 6.04 Å². The fraction of sp³-hybridized carbons (Fsp3) is 0.333. The highest BCUT2D eigenvalue weighted by Gasteiger charge is 2.05. The third-order valence-corrected chi connectivity index (χ3v) is 4.20. The van der Waals surface area contributed by atoms with Gasteiger partial charge in [0, 0.05) is 29.8 Å². The number of anilines is 1. The van der Waals surface area contributed by atoms with E-state index in [9.17, 15) is 0 Å². The summed E-state index contributed by atoms with van der Waals surface area (Å²) in [5, 5.41) is 0. The number of halogens is 1. The van der Waals surface area contributed by atoms with Crippen molar-refractivity contribution in [2.24, 2.45) is 5.73 Å². The van der Waals surface area contributed by atoms with Gasteiger partial charge in [0.15, 0.2) is 0 Å². The van der Waals surface area contributed by atoms with Crippen molar-refractivity contribution >= 4 is 21.6 Å². The summed E-state index contributed by atoms with van der Waals surface area (Å²) in [6, 6.07) is 17.4. The zero-order chi connectivity index (χ0) is 15.2. The smallest absolute Gasteiger partial charge is 0.0426 e. The van der Waals surface area contributed by atoms with Crippen molar-refractivity contribution in [3.8, 4) is 0 Å². The van der Waals surface area contributed by atoms with Crippen LogP contribution in [-0.4, -0.2) is 13.1 Å². The first-order valence-corrected chi connectivity index (χ1v) is 8.18. The van der Waals surface area contributed by atoms with Gasteiger partial charge in [0.25, 0.3) is 0 Å². The lowest BCUT2D eigenvalue weighted by molar-refractivity contribution is 0.646. The van der Waals surface area contributed by atoms with Crippen LogP contribution < -0.4 is 10.6 Å². The van der Waals surface area contributed by atoms with E-state index < -0.39 is 0 Å².